The van der Waals surface area contributed by atoms with Gasteiger partial charge in [-0.15, -0.1) is 0 Å². The highest BCUT2D eigenvalue weighted by atomic mass is 32.2. The van der Waals surface area contributed by atoms with Gasteiger partial charge in [0.25, 0.3) is 0 Å². The monoisotopic (exact) mass is 332 g/mol. The summed E-state index contributed by atoms with van der Waals surface area (Å²) in [6, 6.07) is 13.1. The van der Waals surface area contributed by atoms with E-state index in [4.69, 9.17) is 9.84 Å². The fourth-order valence-corrected chi connectivity index (χ4v) is 2.55. The number of rotatable bonds is 6. The number of hydrogen-bond acceptors (Lipinski definition) is 4. The van der Waals surface area contributed by atoms with Crippen molar-refractivity contribution in [1.29, 1.82) is 0 Å². The molecule has 0 aromatic heterocycles. The van der Waals surface area contributed by atoms with Crippen LogP contribution < -0.4 is 0 Å². The van der Waals surface area contributed by atoms with Gasteiger partial charge >= 0.3 is 11.9 Å². The van der Waals surface area contributed by atoms with Crippen LogP contribution in [0.3, 0.4) is 0 Å². The van der Waals surface area contributed by atoms with Crippen LogP contribution in [0.15, 0.2) is 53.4 Å². The number of esters is 1. The topological polar surface area (TPSA) is 80.7 Å². The number of carbonyl (C=O) groups is 2. The molecule has 1 N–H and O–H groups in total. The Kier molecular flexibility index (Phi) is 5.65. The van der Waals surface area contributed by atoms with E-state index in [0.717, 1.165) is 10.5 Å². The van der Waals surface area contributed by atoms with Gasteiger partial charge in [0.1, 0.15) is 0 Å². The Morgan fingerprint density at radius 1 is 1.04 bits per heavy atom. The molecule has 120 valence electrons. The number of ether oxygens (including phenoxy) is 1. The van der Waals surface area contributed by atoms with Crippen LogP contribution in [-0.2, 0) is 22.0 Å². The van der Waals surface area contributed by atoms with Crippen molar-refractivity contribution >= 4 is 22.7 Å². The number of aromatic carboxylic acids is 1. The van der Waals surface area contributed by atoms with Gasteiger partial charge in [0.05, 0.1) is 17.7 Å². The van der Waals surface area contributed by atoms with E-state index in [-0.39, 0.29) is 17.7 Å². The lowest BCUT2D eigenvalue weighted by molar-refractivity contribution is 0.0498. The number of hydrogen-bond donors (Lipinski definition) is 1. The predicted molar refractivity (Wildman–Crippen MR) is 86.2 cm³/mol. The van der Waals surface area contributed by atoms with Gasteiger partial charge in [-0.25, -0.2) is 9.59 Å². The van der Waals surface area contributed by atoms with Crippen molar-refractivity contribution < 1.29 is 23.6 Å². The molecule has 23 heavy (non-hydrogen) atoms. The lowest BCUT2D eigenvalue weighted by Gasteiger charge is -2.07. The third-order valence-electron chi connectivity index (χ3n) is 3.26. The molecule has 0 spiro atoms. The van der Waals surface area contributed by atoms with Gasteiger partial charge < -0.3 is 9.84 Å². The first kappa shape index (κ1) is 16.9. The largest absolute Gasteiger partial charge is 0.478 e. The van der Waals surface area contributed by atoms with Gasteiger partial charge in [0.15, 0.2) is 0 Å². The molecule has 0 heterocycles. The van der Waals surface area contributed by atoms with Crippen molar-refractivity contribution in [3.8, 4) is 0 Å². The molecule has 1 atom stereocenters. The SMILES string of the molecule is C[S@](=O)c1ccc(CCOC(=O)c2ccccc2C(=O)O)cc1. The molecular formula is C17H16O5S. The van der Waals surface area contributed by atoms with Gasteiger partial charge in [-0.3, -0.25) is 4.21 Å². The van der Waals surface area contributed by atoms with E-state index < -0.39 is 22.7 Å². The fraction of sp³-hybridized carbons (Fsp3) is 0.176. The van der Waals surface area contributed by atoms with Gasteiger partial charge in [-0.05, 0) is 29.8 Å². The summed E-state index contributed by atoms with van der Waals surface area (Å²) in [4.78, 5) is 23.8. The van der Waals surface area contributed by atoms with E-state index in [0.29, 0.717) is 6.42 Å². The van der Waals surface area contributed by atoms with Crippen LogP contribution in [0.5, 0.6) is 0 Å². The summed E-state index contributed by atoms with van der Waals surface area (Å²) in [5.74, 6) is -1.82. The third kappa shape index (κ3) is 4.50. The van der Waals surface area contributed by atoms with Crippen molar-refractivity contribution in [2.24, 2.45) is 0 Å². The van der Waals surface area contributed by atoms with Crippen molar-refractivity contribution in [2.45, 2.75) is 11.3 Å². The molecule has 0 aliphatic heterocycles. The molecular weight excluding hydrogens is 316 g/mol. The molecule has 0 unspecified atom stereocenters. The number of carbonyl (C=O) groups excluding carboxylic acids is 1. The maximum atomic E-state index is 12.0. The molecule has 0 bridgehead atoms. The van der Waals surface area contributed by atoms with Crippen LogP contribution >= 0.6 is 0 Å². The lowest BCUT2D eigenvalue weighted by Crippen LogP contribution is -2.13. The molecule has 0 radical (unpaired) electrons. The first-order valence-electron chi connectivity index (χ1n) is 6.91. The van der Waals surface area contributed by atoms with E-state index >= 15 is 0 Å². The van der Waals surface area contributed by atoms with Crippen LogP contribution in [0.25, 0.3) is 0 Å². The van der Waals surface area contributed by atoms with E-state index in [1.165, 1.54) is 12.1 Å². The lowest BCUT2D eigenvalue weighted by atomic mass is 10.1. The quantitative estimate of drug-likeness (QED) is 0.822. The molecule has 6 heteroatoms. The summed E-state index contributed by atoms with van der Waals surface area (Å²) >= 11 is 0. The van der Waals surface area contributed by atoms with E-state index in [1.807, 2.05) is 12.1 Å². The molecule has 2 aromatic carbocycles. The first-order chi connectivity index (χ1) is 11.0. The minimum atomic E-state index is -1.17. The average Bonchev–Trinajstić information content (AvgIpc) is 2.55. The molecule has 0 saturated heterocycles. The van der Waals surface area contributed by atoms with Crippen LogP contribution in [0.4, 0.5) is 0 Å². The van der Waals surface area contributed by atoms with E-state index in [2.05, 4.69) is 0 Å². The Balaban J connectivity index is 1.95. The Hall–Kier alpha value is -2.47. The highest BCUT2D eigenvalue weighted by molar-refractivity contribution is 7.84. The molecule has 0 saturated carbocycles. The second kappa shape index (κ2) is 7.69. The number of benzene rings is 2. The Labute approximate surface area is 136 Å². The molecule has 0 aliphatic rings. The minimum absolute atomic E-state index is 0.0386. The summed E-state index contributed by atoms with van der Waals surface area (Å²) in [5, 5.41) is 9.06. The van der Waals surface area contributed by atoms with E-state index in [1.54, 1.807) is 30.5 Å². The Morgan fingerprint density at radius 3 is 2.22 bits per heavy atom. The van der Waals surface area contributed by atoms with Crippen molar-refractivity contribution in [1.82, 2.24) is 0 Å². The minimum Gasteiger partial charge on any atom is -0.478 e. The predicted octanol–water partition coefficient (Wildman–Crippen LogP) is 2.52. The second-order valence-electron chi connectivity index (χ2n) is 4.83. The van der Waals surface area contributed by atoms with E-state index in [9.17, 15) is 13.8 Å². The van der Waals surface area contributed by atoms with Gasteiger partial charge in [0, 0.05) is 28.4 Å². The normalized spacial score (nSPS) is 11.7. The van der Waals surface area contributed by atoms with Crippen LogP contribution in [0, 0.1) is 0 Å². The molecule has 0 amide bonds. The molecule has 0 aliphatic carbocycles. The van der Waals surface area contributed by atoms with Gasteiger partial charge in [0.2, 0.25) is 0 Å². The standard InChI is InChI=1S/C17H16O5S/c1-23(21)13-8-6-12(7-9-13)10-11-22-17(20)15-5-3-2-4-14(15)16(18)19/h2-9H,10-11H2,1H3,(H,18,19)/t23-/m0/s1. The highest BCUT2D eigenvalue weighted by Gasteiger charge is 2.16. The molecule has 5 nitrogen and oxygen atoms in total. The van der Waals surface area contributed by atoms with Crippen molar-refractivity contribution in [2.75, 3.05) is 12.9 Å². The van der Waals surface area contributed by atoms with Crippen LogP contribution in [-0.4, -0.2) is 34.1 Å². The maximum absolute atomic E-state index is 12.0. The summed E-state index contributed by atoms with van der Waals surface area (Å²) in [5.41, 5.74) is 0.905. The second-order valence-corrected chi connectivity index (χ2v) is 6.21. The van der Waals surface area contributed by atoms with Gasteiger partial charge in [-0.2, -0.15) is 0 Å². The maximum Gasteiger partial charge on any atom is 0.339 e. The van der Waals surface area contributed by atoms with Crippen LogP contribution in [0.1, 0.15) is 26.3 Å². The number of carboxylic acids is 1. The zero-order valence-corrected chi connectivity index (χ0v) is 13.3. The Bertz CT molecular complexity index is 737. The van der Waals surface area contributed by atoms with Crippen LogP contribution in [0.2, 0.25) is 0 Å². The Morgan fingerprint density at radius 2 is 1.65 bits per heavy atom. The zero-order chi connectivity index (χ0) is 16.8. The summed E-state index contributed by atoms with van der Waals surface area (Å²) in [6.07, 6.45) is 2.11. The summed E-state index contributed by atoms with van der Waals surface area (Å²) in [7, 11) is -1.02. The fourth-order valence-electron chi connectivity index (χ4n) is 2.03. The van der Waals surface area contributed by atoms with Crippen molar-refractivity contribution in [3.63, 3.8) is 0 Å². The summed E-state index contributed by atoms with van der Waals surface area (Å²) < 4.78 is 16.4. The summed E-state index contributed by atoms with van der Waals surface area (Å²) in [6.45, 7) is 0.140. The number of carboxylic acid groups (broad SMARTS) is 1. The van der Waals surface area contributed by atoms with Gasteiger partial charge in [-0.1, -0.05) is 24.3 Å². The third-order valence-corrected chi connectivity index (χ3v) is 4.19. The highest BCUT2D eigenvalue weighted by Crippen LogP contribution is 2.12. The van der Waals surface area contributed by atoms with Crippen molar-refractivity contribution in [3.05, 3.63) is 65.2 Å². The first-order valence-corrected chi connectivity index (χ1v) is 8.46. The average molecular weight is 332 g/mol. The molecule has 2 rings (SSSR count). The zero-order valence-electron chi connectivity index (χ0n) is 12.5. The molecule has 0 fully saturated rings. The smallest absolute Gasteiger partial charge is 0.339 e. The molecule has 2 aromatic rings.